The van der Waals surface area contributed by atoms with Gasteiger partial charge in [0.2, 0.25) is 5.91 Å². The second-order valence-corrected chi connectivity index (χ2v) is 7.65. The van der Waals surface area contributed by atoms with Crippen molar-refractivity contribution in [1.29, 1.82) is 0 Å². The number of hydrogen-bond donors (Lipinski definition) is 3. The molecule has 0 radical (unpaired) electrons. The summed E-state index contributed by atoms with van der Waals surface area (Å²) in [6, 6.07) is 0. The maximum atomic E-state index is 12.3. The van der Waals surface area contributed by atoms with Crippen LogP contribution in [0.1, 0.15) is 46.0 Å². The number of aliphatic carboxylic acids is 2. The number of allylic oxidation sites excluding steroid dienone is 2. The van der Waals surface area contributed by atoms with E-state index >= 15 is 0 Å². The molecule has 8 nitrogen and oxygen atoms in total. The van der Waals surface area contributed by atoms with Crippen LogP contribution < -0.4 is 5.32 Å². The van der Waals surface area contributed by atoms with Crippen molar-refractivity contribution in [1.82, 2.24) is 15.1 Å². The van der Waals surface area contributed by atoms with Crippen molar-refractivity contribution < 1.29 is 24.6 Å². The molecule has 0 aromatic carbocycles. The minimum Gasteiger partial charge on any atom is -0.473 e. The quantitative estimate of drug-likeness (QED) is 0.412. The average Bonchev–Trinajstić information content (AvgIpc) is 2.73. The highest BCUT2D eigenvalue weighted by molar-refractivity contribution is 6.27. The van der Waals surface area contributed by atoms with Crippen molar-refractivity contribution in [3.63, 3.8) is 0 Å². The highest BCUT2D eigenvalue weighted by Gasteiger charge is 2.26. The predicted octanol–water partition coefficient (Wildman–Crippen LogP) is 1.67. The molecule has 0 spiro atoms. The number of nitrogens with zero attached hydrogens (tertiary/aromatic N) is 2. The lowest BCUT2D eigenvalue weighted by atomic mass is 9.91. The van der Waals surface area contributed by atoms with Gasteiger partial charge in [-0.1, -0.05) is 26.0 Å². The van der Waals surface area contributed by atoms with E-state index in [0.717, 1.165) is 58.0 Å². The van der Waals surface area contributed by atoms with Crippen molar-refractivity contribution in [2.24, 2.45) is 11.8 Å². The Morgan fingerprint density at radius 2 is 1.66 bits per heavy atom. The molecule has 0 aromatic rings. The van der Waals surface area contributed by atoms with Crippen LogP contribution in [-0.2, 0) is 14.4 Å². The van der Waals surface area contributed by atoms with E-state index in [1.807, 2.05) is 0 Å². The zero-order chi connectivity index (χ0) is 21.6. The van der Waals surface area contributed by atoms with E-state index in [4.69, 9.17) is 19.8 Å². The van der Waals surface area contributed by atoms with Gasteiger partial charge in [-0.3, -0.25) is 4.79 Å². The highest BCUT2D eigenvalue weighted by atomic mass is 16.4. The number of likely N-dealkylation sites (N-methyl/N-ethyl adjacent to an activating group) is 1. The molecule has 8 heteroatoms. The third-order valence-electron chi connectivity index (χ3n) is 5.66. The summed E-state index contributed by atoms with van der Waals surface area (Å²) < 4.78 is 0. The zero-order valence-electron chi connectivity index (χ0n) is 17.8. The van der Waals surface area contributed by atoms with Crippen LogP contribution in [0.5, 0.6) is 0 Å². The van der Waals surface area contributed by atoms with E-state index in [1.54, 1.807) is 0 Å². The summed E-state index contributed by atoms with van der Waals surface area (Å²) in [6.45, 7) is 11.6. The first kappa shape index (κ1) is 25.1. The smallest absolute Gasteiger partial charge is 0.414 e. The Hall–Kier alpha value is -1.93. The summed E-state index contributed by atoms with van der Waals surface area (Å²) in [6.07, 6.45) is 10.5. The van der Waals surface area contributed by atoms with E-state index in [-0.39, 0.29) is 11.8 Å². The van der Waals surface area contributed by atoms with Gasteiger partial charge in [0.25, 0.3) is 0 Å². The molecule has 1 unspecified atom stereocenters. The molecule has 2 rings (SSSR count). The van der Waals surface area contributed by atoms with Crippen LogP contribution in [0.25, 0.3) is 0 Å². The largest absolute Gasteiger partial charge is 0.473 e. The number of carboxylic acid groups (broad SMARTS) is 2. The topological polar surface area (TPSA) is 110 Å². The first-order valence-corrected chi connectivity index (χ1v) is 10.7. The number of carbonyl (C=O) groups is 3. The normalized spacial score (nSPS) is 20.0. The SMILES string of the molecule is CCN(CC)CCNC(=O)C1CCN(CC2CC=CCC2)CC1.O=C(O)C(=O)O. The van der Waals surface area contributed by atoms with Gasteiger partial charge in [0.15, 0.2) is 0 Å². The minimum atomic E-state index is -1.82. The lowest BCUT2D eigenvalue weighted by Gasteiger charge is -2.34. The second kappa shape index (κ2) is 14.1. The van der Waals surface area contributed by atoms with E-state index in [2.05, 4.69) is 41.1 Å². The monoisotopic (exact) mass is 411 g/mol. The molecule has 1 atom stereocenters. The van der Waals surface area contributed by atoms with Crippen LogP contribution >= 0.6 is 0 Å². The number of amides is 1. The third-order valence-corrected chi connectivity index (χ3v) is 5.66. The van der Waals surface area contributed by atoms with Crippen LogP contribution in [-0.4, -0.2) is 83.7 Å². The predicted molar refractivity (Wildman–Crippen MR) is 112 cm³/mol. The van der Waals surface area contributed by atoms with Gasteiger partial charge < -0.3 is 25.3 Å². The van der Waals surface area contributed by atoms with E-state index < -0.39 is 11.9 Å². The molecule has 166 valence electrons. The van der Waals surface area contributed by atoms with Crippen molar-refractivity contribution in [2.75, 3.05) is 45.8 Å². The molecule has 1 aliphatic heterocycles. The maximum absolute atomic E-state index is 12.3. The zero-order valence-corrected chi connectivity index (χ0v) is 17.8. The summed E-state index contributed by atoms with van der Waals surface area (Å²) in [5.41, 5.74) is 0. The van der Waals surface area contributed by atoms with E-state index in [9.17, 15) is 4.79 Å². The van der Waals surface area contributed by atoms with Gasteiger partial charge in [-0.15, -0.1) is 0 Å². The van der Waals surface area contributed by atoms with Gasteiger partial charge in [0, 0.05) is 25.6 Å². The molecule has 3 N–H and O–H groups in total. The average molecular weight is 412 g/mol. The minimum absolute atomic E-state index is 0.231. The van der Waals surface area contributed by atoms with Crippen LogP contribution in [0.2, 0.25) is 0 Å². The van der Waals surface area contributed by atoms with E-state index in [0.29, 0.717) is 0 Å². The number of likely N-dealkylation sites (tertiary alicyclic amines) is 1. The van der Waals surface area contributed by atoms with Gasteiger partial charge in [0.1, 0.15) is 0 Å². The van der Waals surface area contributed by atoms with Crippen LogP contribution in [0.15, 0.2) is 12.2 Å². The summed E-state index contributed by atoms with van der Waals surface area (Å²) in [4.78, 5) is 35.4. The third kappa shape index (κ3) is 10.4. The van der Waals surface area contributed by atoms with Crippen molar-refractivity contribution in [2.45, 2.75) is 46.0 Å². The highest BCUT2D eigenvalue weighted by Crippen LogP contribution is 2.23. The number of piperidine rings is 1. The molecule has 1 fully saturated rings. The Kier molecular flexibility index (Phi) is 12.2. The molecule has 1 aliphatic carbocycles. The molecule has 0 aromatic heterocycles. The summed E-state index contributed by atoms with van der Waals surface area (Å²) in [5.74, 6) is -2.31. The van der Waals surface area contributed by atoms with Gasteiger partial charge in [0.05, 0.1) is 0 Å². The fourth-order valence-corrected chi connectivity index (χ4v) is 3.79. The van der Waals surface area contributed by atoms with Gasteiger partial charge in [-0.05, 0) is 64.2 Å². The summed E-state index contributed by atoms with van der Waals surface area (Å²) in [7, 11) is 0. The van der Waals surface area contributed by atoms with Crippen molar-refractivity contribution in [3.05, 3.63) is 12.2 Å². The second-order valence-electron chi connectivity index (χ2n) is 7.65. The number of nitrogens with one attached hydrogen (secondary N) is 1. The van der Waals surface area contributed by atoms with E-state index in [1.165, 1.54) is 25.8 Å². The first-order valence-electron chi connectivity index (χ1n) is 10.7. The molecule has 2 aliphatic rings. The van der Waals surface area contributed by atoms with Crippen LogP contribution in [0, 0.1) is 11.8 Å². The maximum Gasteiger partial charge on any atom is 0.414 e. The lowest BCUT2D eigenvalue weighted by molar-refractivity contribution is -0.159. The Morgan fingerprint density at radius 1 is 1.03 bits per heavy atom. The lowest BCUT2D eigenvalue weighted by Crippen LogP contribution is -2.43. The molecule has 1 amide bonds. The Bertz CT molecular complexity index is 528. The molecule has 1 saturated heterocycles. The van der Waals surface area contributed by atoms with Gasteiger partial charge >= 0.3 is 11.9 Å². The molecule has 0 bridgehead atoms. The Morgan fingerprint density at radius 3 is 2.14 bits per heavy atom. The Balaban J connectivity index is 0.000000612. The number of carbonyl (C=O) groups excluding carboxylic acids is 1. The van der Waals surface area contributed by atoms with Gasteiger partial charge in [-0.25, -0.2) is 9.59 Å². The van der Waals surface area contributed by atoms with Gasteiger partial charge in [-0.2, -0.15) is 0 Å². The van der Waals surface area contributed by atoms with Crippen LogP contribution in [0.3, 0.4) is 0 Å². The number of carboxylic acids is 2. The molecule has 0 saturated carbocycles. The number of hydrogen-bond acceptors (Lipinski definition) is 5. The standard InChI is InChI=1S/C19H35N3O.C2H2O4/c1-3-21(4-2)15-12-20-19(23)18-10-13-22(14-11-18)16-17-8-6-5-7-9-17;3-1(4)2(5)6/h5-6,17-18H,3-4,7-16H2,1-2H3,(H,20,23);(H,3,4)(H,5,6). The molecule has 29 heavy (non-hydrogen) atoms. The molecular weight excluding hydrogens is 374 g/mol. The number of rotatable bonds is 8. The molecule has 1 heterocycles. The fourth-order valence-electron chi connectivity index (χ4n) is 3.79. The van der Waals surface area contributed by atoms with Crippen LogP contribution in [0.4, 0.5) is 0 Å². The van der Waals surface area contributed by atoms with Crippen molar-refractivity contribution >= 4 is 17.8 Å². The summed E-state index contributed by atoms with van der Waals surface area (Å²) >= 11 is 0. The first-order chi connectivity index (χ1) is 13.9. The van der Waals surface area contributed by atoms with Crippen molar-refractivity contribution in [3.8, 4) is 0 Å². The summed E-state index contributed by atoms with van der Waals surface area (Å²) in [5, 5.41) is 17.9. The Labute approximate surface area is 173 Å². The molecular formula is C21H37N3O5. The fraction of sp³-hybridized carbons (Fsp3) is 0.762.